The number of hydrogen-bond donors (Lipinski definition) is 2. The Balaban J connectivity index is 1.74. The molecule has 29 heavy (non-hydrogen) atoms. The minimum absolute atomic E-state index is 0.120. The van der Waals surface area contributed by atoms with Gasteiger partial charge in [-0.2, -0.15) is 0 Å². The van der Waals surface area contributed by atoms with Gasteiger partial charge >= 0.3 is 6.03 Å². The molecule has 1 aliphatic heterocycles. The van der Waals surface area contributed by atoms with Crippen molar-refractivity contribution in [3.63, 3.8) is 0 Å². The van der Waals surface area contributed by atoms with Gasteiger partial charge in [0.1, 0.15) is 11.7 Å². The molecular weight excluding hydrogens is 380 g/mol. The van der Waals surface area contributed by atoms with Gasteiger partial charge in [-0.25, -0.2) is 9.69 Å². The standard InChI is InChI=1S/C19H18N4O6/c1-2-29-15-9-7-13(8-10-15)22-18(25)16(11-20-19(22)26)17(24)21-12-3-5-14(6-4-12)23(27)28/h3-10,16H,2,11H2,1H3,(H,20,26)(H,21,24). The van der Waals surface area contributed by atoms with Crippen LogP contribution in [-0.4, -0.2) is 35.9 Å². The number of imide groups is 1. The Kier molecular flexibility index (Phi) is 5.72. The first kappa shape index (κ1) is 19.8. The summed E-state index contributed by atoms with van der Waals surface area (Å²) < 4.78 is 5.34. The molecule has 10 nitrogen and oxygen atoms in total. The molecule has 0 bridgehead atoms. The van der Waals surface area contributed by atoms with E-state index in [1.165, 1.54) is 24.3 Å². The van der Waals surface area contributed by atoms with Crippen LogP contribution in [0.3, 0.4) is 0 Å². The van der Waals surface area contributed by atoms with Gasteiger partial charge < -0.3 is 15.4 Å². The Labute approximate surface area is 165 Å². The van der Waals surface area contributed by atoms with Gasteiger partial charge in [-0.05, 0) is 43.3 Å². The van der Waals surface area contributed by atoms with Crippen LogP contribution < -0.4 is 20.3 Å². The summed E-state index contributed by atoms with van der Waals surface area (Å²) in [5.74, 6) is -1.85. The second-order valence-electron chi connectivity index (χ2n) is 6.13. The lowest BCUT2D eigenvalue weighted by Gasteiger charge is -2.30. The minimum atomic E-state index is -1.14. The van der Waals surface area contributed by atoms with Crippen LogP contribution in [0.25, 0.3) is 0 Å². The highest BCUT2D eigenvalue weighted by Gasteiger charge is 2.39. The summed E-state index contributed by atoms with van der Waals surface area (Å²) in [6, 6.07) is 11.0. The molecule has 10 heteroatoms. The first-order chi connectivity index (χ1) is 13.9. The van der Waals surface area contributed by atoms with Crippen molar-refractivity contribution in [1.82, 2.24) is 5.32 Å². The lowest BCUT2D eigenvalue weighted by atomic mass is 10.0. The van der Waals surface area contributed by atoms with Crippen molar-refractivity contribution in [3.8, 4) is 5.75 Å². The molecule has 1 heterocycles. The van der Waals surface area contributed by atoms with Crippen LogP contribution in [0.15, 0.2) is 48.5 Å². The molecule has 1 aliphatic rings. The number of nitrogens with zero attached hydrogens (tertiary/aromatic N) is 2. The molecule has 2 aromatic carbocycles. The molecule has 1 atom stereocenters. The number of anilines is 2. The largest absolute Gasteiger partial charge is 0.494 e. The Morgan fingerprint density at radius 1 is 1.21 bits per heavy atom. The van der Waals surface area contributed by atoms with Crippen LogP contribution in [0, 0.1) is 16.0 Å². The maximum atomic E-state index is 12.8. The highest BCUT2D eigenvalue weighted by Crippen LogP contribution is 2.24. The van der Waals surface area contributed by atoms with Gasteiger partial charge in [0.15, 0.2) is 0 Å². The molecule has 150 valence electrons. The number of hydrogen-bond acceptors (Lipinski definition) is 6. The van der Waals surface area contributed by atoms with Crippen molar-refractivity contribution in [2.24, 2.45) is 5.92 Å². The molecule has 0 spiro atoms. The molecule has 0 aromatic heterocycles. The van der Waals surface area contributed by atoms with E-state index in [9.17, 15) is 24.5 Å². The first-order valence-corrected chi connectivity index (χ1v) is 8.80. The van der Waals surface area contributed by atoms with E-state index in [0.717, 1.165) is 4.90 Å². The third-order valence-corrected chi connectivity index (χ3v) is 4.25. The fourth-order valence-electron chi connectivity index (χ4n) is 2.81. The van der Waals surface area contributed by atoms with Crippen LogP contribution in [-0.2, 0) is 9.59 Å². The molecular formula is C19H18N4O6. The van der Waals surface area contributed by atoms with Crippen molar-refractivity contribution in [2.45, 2.75) is 6.92 Å². The zero-order valence-corrected chi connectivity index (χ0v) is 15.5. The maximum Gasteiger partial charge on any atom is 0.328 e. The van der Waals surface area contributed by atoms with E-state index in [1.807, 2.05) is 6.92 Å². The third kappa shape index (κ3) is 4.32. The average Bonchev–Trinajstić information content (AvgIpc) is 2.70. The Bertz CT molecular complexity index is 942. The SMILES string of the molecule is CCOc1ccc(N2C(=O)NCC(C(=O)Nc3ccc([N+](=O)[O-])cc3)C2=O)cc1. The normalized spacial score (nSPS) is 16.2. The number of nitro benzene ring substituents is 1. The molecule has 1 saturated heterocycles. The molecule has 0 saturated carbocycles. The summed E-state index contributed by atoms with van der Waals surface area (Å²) in [4.78, 5) is 48.6. The zero-order valence-electron chi connectivity index (χ0n) is 15.5. The highest BCUT2D eigenvalue weighted by molar-refractivity contribution is 6.23. The van der Waals surface area contributed by atoms with E-state index in [4.69, 9.17) is 4.74 Å². The van der Waals surface area contributed by atoms with Crippen molar-refractivity contribution in [2.75, 3.05) is 23.4 Å². The van der Waals surface area contributed by atoms with Crippen LogP contribution >= 0.6 is 0 Å². The first-order valence-electron chi connectivity index (χ1n) is 8.80. The predicted octanol–water partition coefficient (Wildman–Crippen LogP) is 2.30. The van der Waals surface area contributed by atoms with Gasteiger partial charge in [0.25, 0.3) is 5.69 Å². The van der Waals surface area contributed by atoms with Crippen molar-refractivity contribution in [3.05, 3.63) is 58.6 Å². The Morgan fingerprint density at radius 3 is 2.45 bits per heavy atom. The minimum Gasteiger partial charge on any atom is -0.494 e. The summed E-state index contributed by atoms with van der Waals surface area (Å²) in [6.07, 6.45) is 0. The van der Waals surface area contributed by atoms with E-state index in [1.54, 1.807) is 24.3 Å². The molecule has 1 fully saturated rings. The highest BCUT2D eigenvalue weighted by atomic mass is 16.6. The Morgan fingerprint density at radius 2 is 1.86 bits per heavy atom. The van der Waals surface area contributed by atoms with Crippen LogP contribution in [0.5, 0.6) is 5.75 Å². The van der Waals surface area contributed by atoms with E-state index in [0.29, 0.717) is 23.7 Å². The topological polar surface area (TPSA) is 131 Å². The quantitative estimate of drug-likeness (QED) is 0.436. The smallest absolute Gasteiger partial charge is 0.328 e. The number of benzene rings is 2. The van der Waals surface area contributed by atoms with Crippen molar-refractivity contribution in [1.29, 1.82) is 0 Å². The number of urea groups is 1. The fraction of sp³-hybridized carbons (Fsp3) is 0.211. The third-order valence-electron chi connectivity index (χ3n) is 4.25. The summed E-state index contributed by atoms with van der Waals surface area (Å²) in [5, 5.41) is 15.8. The van der Waals surface area contributed by atoms with E-state index < -0.39 is 28.7 Å². The van der Waals surface area contributed by atoms with Gasteiger partial charge in [0.05, 0.1) is 17.2 Å². The predicted molar refractivity (Wildman–Crippen MR) is 104 cm³/mol. The summed E-state index contributed by atoms with van der Waals surface area (Å²) in [5.41, 5.74) is 0.493. The fourth-order valence-corrected chi connectivity index (χ4v) is 2.81. The number of rotatable bonds is 6. The van der Waals surface area contributed by atoms with Crippen LogP contribution in [0.1, 0.15) is 6.92 Å². The van der Waals surface area contributed by atoms with Crippen LogP contribution in [0.2, 0.25) is 0 Å². The molecule has 3 rings (SSSR count). The second-order valence-corrected chi connectivity index (χ2v) is 6.13. The number of carbonyl (C=O) groups excluding carboxylic acids is 3. The number of nitrogens with one attached hydrogen (secondary N) is 2. The van der Waals surface area contributed by atoms with Crippen LogP contribution in [0.4, 0.5) is 21.9 Å². The van der Waals surface area contributed by atoms with Gasteiger partial charge in [0.2, 0.25) is 11.8 Å². The molecule has 0 radical (unpaired) electrons. The number of carbonyl (C=O) groups is 3. The summed E-state index contributed by atoms with van der Waals surface area (Å²) >= 11 is 0. The van der Waals surface area contributed by atoms with Crippen molar-refractivity contribution < 1.29 is 24.0 Å². The van der Waals surface area contributed by atoms with E-state index >= 15 is 0 Å². The second kappa shape index (κ2) is 8.38. The summed E-state index contributed by atoms with van der Waals surface area (Å²) in [7, 11) is 0. The molecule has 0 aliphatic carbocycles. The lowest BCUT2D eigenvalue weighted by Crippen LogP contribution is -2.58. The number of non-ortho nitro benzene ring substituents is 1. The lowest BCUT2D eigenvalue weighted by molar-refractivity contribution is -0.384. The summed E-state index contributed by atoms with van der Waals surface area (Å²) in [6.45, 7) is 2.17. The van der Waals surface area contributed by atoms with Gasteiger partial charge in [-0.3, -0.25) is 19.7 Å². The molecule has 2 aromatic rings. The Hall–Kier alpha value is -3.95. The molecule has 2 N–H and O–H groups in total. The maximum absolute atomic E-state index is 12.8. The number of nitro groups is 1. The average molecular weight is 398 g/mol. The number of ether oxygens (including phenoxy) is 1. The molecule has 4 amide bonds. The van der Waals surface area contributed by atoms with E-state index in [2.05, 4.69) is 10.6 Å². The van der Waals surface area contributed by atoms with Gasteiger partial charge in [-0.1, -0.05) is 0 Å². The zero-order chi connectivity index (χ0) is 21.0. The van der Waals surface area contributed by atoms with Crippen molar-refractivity contribution >= 4 is 34.9 Å². The van der Waals surface area contributed by atoms with Gasteiger partial charge in [0, 0.05) is 24.4 Å². The molecule has 1 unspecified atom stereocenters. The van der Waals surface area contributed by atoms with E-state index in [-0.39, 0.29) is 12.2 Å². The monoisotopic (exact) mass is 398 g/mol. The number of amides is 4. The van der Waals surface area contributed by atoms with Gasteiger partial charge in [-0.15, -0.1) is 0 Å².